The molecule has 3 nitrogen and oxygen atoms in total. The lowest BCUT2D eigenvalue weighted by Crippen LogP contribution is -2.31. The SMILES string of the molecule is Cc1ccc(CCN2C(=O)CCC2=O)c(C)c1. The second-order valence-corrected chi connectivity index (χ2v) is 4.62. The van der Waals surface area contributed by atoms with Gasteiger partial charge in [-0.3, -0.25) is 14.5 Å². The molecule has 0 aromatic heterocycles. The van der Waals surface area contributed by atoms with Crippen LogP contribution in [-0.4, -0.2) is 23.3 Å². The number of aryl methyl sites for hydroxylation is 2. The van der Waals surface area contributed by atoms with Crippen molar-refractivity contribution in [2.45, 2.75) is 33.1 Å². The maximum atomic E-state index is 11.5. The highest BCUT2D eigenvalue weighted by atomic mass is 16.2. The molecule has 0 N–H and O–H groups in total. The van der Waals surface area contributed by atoms with Crippen LogP contribution in [0.1, 0.15) is 29.5 Å². The van der Waals surface area contributed by atoms with E-state index in [0.29, 0.717) is 19.4 Å². The lowest BCUT2D eigenvalue weighted by atomic mass is 10.0. The zero-order valence-corrected chi connectivity index (χ0v) is 10.3. The van der Waals surface area contributed by atoms with E-state index in [2.05, 4.69) is 32.0 Å². The van der Waals surface area contributed by atoms with Gasteiger partial charge in [0.1, 0.15) is 0 Å². The van der Waals surface area contributed by atoms with Crippen LogP contribution in [0.25, 0.3) is 0 Å². The van der Waals surface area contributed by atoms with Gasteiger partial charge in [0, 0.05) is 19.4 Å². The number of carbonyl (C=O) groups is 2. The van der Waals surface area contributed by atoms with Crippen LogP contribution in [0.2, 0.25) is 0 Å². The molecule has 0 unspecified atom stereocenters. The van der Waals surface area contributed by atoms with Crippen molar-refractivity contribution < 1.29 is 9.59 Å². The van der Waals surface area contributed by atoms with Gasteiger partial charge in [-0.2, -0.15) is 0 Å². The van der Waals surface area contributed by atoms with Gasteiger partial charge in [0.05, 0.1) is 0 Å². The fourth-order valence-electron chi connectivity index (χ4n) is 2.23. The standard InChI is InChI=1S/C14H17NO2/c1-10-3-4-12(11(2)9-10)7-8-15-13(16)5-6-14(15)17/h3-4,9H,5-8H2,1-2H3. The quantitative estimate of drug-likeness (QED) is 0.746. The molecule has 1 heterocycles. The lowest BCUT2D eigenvalue weighted by molar-refractivity contribution is -0.138. The molecule has 1 saturated heterocycles. The summed E-state index contributed by atoms with van der Waals surface area (Å²) in [4.78, 5) is 24.3. The summed E-state index contributed by atoms with van der Waals surface area (Å²) in [5.41, 5.74) is 3.67. The van der Waals surface area contributed by atoms with E-state index in [-0.39, 0.29) is 11.8 Å². The zero-order chi connectivity index (χ0) is 12.4. The second-order valence-electron chi connectivity index (χ2n) is 4.62. The molecular formula is C14H17NO2. The first-order valence-corrected chi connectivity index (χ1v) is 5.97. The molecule has 2 amide bonds. The van der Waals surface area contributed by atoms with Gasteiger partial charge in [0.25, 0.3) is 0 Å². The lowest BCUT2D eigenvalue weighted by Gasteiger charge is -2.14. The van der Waals surface area contributed by atoms with Gasteiger partial charge in [-0.25, -0.2) is 0 Å². The van der Waals surface area contributed by atoms with Gasteiger partial charge < -0.3 is 0 Å². The minimum Gasteiger partial charge on any atom is -0.282 e. The molecule has 1 fully saturated rings. The molecule has 90 valence electrons. The van der Waals surface area contributed by atoms with Crippen LogP contribution in [0.5, 0.6) is 0 Å². The van der Waals surface area contributed by atoms with Crippen LogP contribution in [0, 0.1) is 13.8 Å². The Morgan fingerprint density at radius 2 is 1.76 bits per heavy atom. The van der Waals surface area contributed by atoms with Crippen LogP contribution < -0.4 is 0 Å². The molecule has 0 aliphatic carbocycles. The van der Waals surface area contributed by atoms with Gasteiger partial charge >= 0.3 is 0 Å². The smallest absolute Gasteiger partial charge is 0.229 e. The Labute approximate surface area is 101 Å². The summed E-state index contributed by atoms with van der Waals surface area (Å²) < 4.78 is 0. The first-order valence-electron chi connectivity index (χ1n) is 5.97. The third-order valence-electron chi connectivity index (χ3n) is 3.26. The molecule has 1 aromatic carbocycles. The fourth-order valence-corrected chi connectivity index (χ4v) is 2.23. The maximum absolute atomic E-state index is 11.5. The first kappa shape index (κ1) is 11.8. The van der Waals surface area contributed by atoms with Crippen molar-refractivity contribution in [2.75, 3.05) is 6.54 Å². The van der Waals surface area contributed by atoms with Crippen molar-refractivity contribution in [1.82, 2.24) is 4.90 Å². The highest BCUT2D eigenvalue weighted by Crippen LogP contribution is 2.15. The minimum absolute atomic E-state index is 0.0280. The summed E-state index contributed by atoms with van der Waals surface area (Å²) in [6, 6.07) is 6.27. The Hall–Kier alpha value is -1.64. The minimum atomic E-state index is -0.0280. The average molecular weight is 231 g/mol. The number of hydrogen-bond acceptors (Lipinski definition) is 2. The molecule has 1 aliphatic heterocycles. The molecular weight excluding hydrogens is 214 g/mol. The van der Waals surface area contributed by atoms with Crippen molar-refractivity contribution in [1.29, 1.82) is 0 Å². The van der Waals surface area contributed by atoms with Crippen molar-refractivity contribution in [3.8, 4) is 0 Å². The second kappa shape index (κ2) is 4.70. The largest absolute Gasteiger partial charge is 0.282 e. The van der Waals surface area contributed by atoms with Crippen molar-refractivity contribution in [3.63, 3.8) is 0 Å². The average Bonchev–Trinajstić information content (AvgIpc) is 2.58. The van der Waals surface area contributed by atoms with Crippen LogP contribution >= 0.6 is 0 Å². The zero-order valence-electron chi connectivity index (χ0n) is 10.3. The van der Waals surface area contributed by atoms with Crippen molar-refractivity contribution >= 4 is 11.8 Å². The monoisotopic (exact) mass is 231 g/mol. The summed E-state index contributed by atoms with van der Waals surface area (Å²) in [5.74, 6) is -0.0560. The predicted octanol–water partition coefficient (Wildman–Crippen LogP) is 1.99. The van der Waals surface area contributed by atoms with Crippen LogP contribution in [0.15, 0.2) is 18.2 Å². The van der Waals surface area contributed by atoms with Crippen molar-refractivity contribution in [3.05, 3.63) is 34.9 Å². The predicted molar refractivity (Wildman–Crippen MR) is 65.6 cm³/mol. The molecule has 0 bridgehead atoms. The fraction of sp³-hybridized carbons (Fsp3) is 0.429. The maximum Gasteiger partial charge on any atom is 0.229 e. The van der Waals surface area contributed by atoms with Crippen molar-refractivity contribution in [2.24, 2.45) is 0 Å². The molecule has 0 saturated carbocycles. The van der Waals surface area contributed by atoms with Gasteiger partial charge in [-0.05, 0) is 31.4 Å². The Bertz CT molecular complexity index is 449. The number of amides is 2. The first-order chi connectivity index (χ1) is 8.08. The van der Waals surface area contributed by atoms with Crippen LogP contribution in [0.4, 0.5) is 0 Å². The number of nitrogens with zero attached hydrogens (tertiary/aromatic N) is 1. The summed E-state index contributed by atoms with van der Waals surface area (Å²) in [6.07, 6.45) is 1.51. The van der Waals surface area contributed by atoms with Gasteiger partial charge in [-0.1, -0.05) is 23.8 Å². The van der Waals surface area contributed by atoms with Gasteiger partial charge in [0.15, 0.2) is 0 Å². The highest BCUT2D eigenvalue weighted by molar-refractivity contribution is 6.01. The van der Waals surface area contributed by atoms with Gasteiger partial charge in [0.2, 0.25) is 11.8 Å². The molecule has 3 heteroatoms. The summed E-state index contributed by atoms with van der Waals surface area (Å²) in [5, 5.41) is 0. The topological polar surface area (TPSA) is 37.4 Å². The van der Waals surface area contributed by atoms with E-state index in [1.165, 1.54) is 21.6 Å². The van der Waals surface area contributed by atoms with E-state index in [1.54, 1.807) is 0 Å². The number of carbonyl (C=O) groups excluding carboxylic acids is 2. The highest BCUT2D eigenvalue weighted by Gasteiger charge is 2.28. The van der Waals surface area contributed by atoms with E-state index in [1.807, 2.05) is 0 Å². The third-order valence-corrected chi connectivity index (χ3v) is 3.26. The van der Waals surface area contributed by atoms with Crippen LogP contribution in [-0.2, 0) is 16.0 Å². The molecule has 0 radical (unpaired) electrons. The van der Waals surface area contributed by atoms with Gasteiger partial charge in [-0.15, -0.1) is 0 Å². The Morgan fingerprint density at radius 3 is 2.35 bits per heavy atom. The summed E-state index contributed by atoms with van der Waals surface area (Å²) in [7, 11) is 0. The van der Waals surface area contributed by atoms with E-state index < -0.39 is 0 Å². The summed E-state index contributed by atoms with van der Waals surface area (Å²) >= 11 is 0. The van der Waals surface area contributed by atoms with E-state index in [0.717, 1.165) is 6.42 Å². The normalized spacial score (nSPS) is 15.8. The molecule has 0 atom stereocenters. The number of rotatable bonds is 3. The molecule has 17 heavy (non-hydrogen) atoms. The Kier molecular flexibility index (Phi) is 3.27. The number of hydrogen-bond donors (Lipinski definition) is 0. The third kappa shape index (κ3) is 2.54. The number of imide groups is 1. The number of benzene rings is 1. The van der Waals surface area contributed by atoms with E-state index in [9.17, 15) is 9.59 Å². The Balaban J connectivity index is 2.02. The molecule has 1 aromatic rings. The van der Waals surface area contributed by atoms with E-state index >= 15 is 0 Å². The molecule has 1 aliphatic rings. The number of likely N-dealkylation sites (tertiary alicyclic amines) is 1. The van der Waals surface area contributed by atoms with E-state index in [4.69, 9.17) is 0 Å². The molecule has 0 spiro atoms. The van der Waals surface area contributed by atoms with Crippen LogP contribution in [0.3, 0.4) is 0 Å². The molecule has 2 rings (SSSR count). The Morgan fingerprint density at radius 1 is 1.12 bits per heavy atom. The summed E-state index contributed by atoms with van der Waals surface area (Å²) in [6.45, 7) is 4.64.